The molecule has 1 aliphatic carbocycles. The molecule has 0 saturated heterocycles. The van der Waals surface area contributed by atoms with E-state index in [-0.39, 0.29) is 12.4 Å². The second kappa shape index (κ2) is 4.09. The average molecular weight is 152 g/mol. The molecule has 9 heavy (non-hydrogen) atoms. The molecule has 56 valence electrons. The fourth-order valence-electron chi connectivity index (χ4n) is 1.19. The Hall–Kier alpha value is 0.210. The smallest absolute Gasteiger partial charge is 0.0586 e. The molecular formula is C6H14ClNO. The van der Waals surface area contributed by atoms with Crippen molar-refractivity contribution >= 4 is 12.4 Å². The van der Waals surface area contributed by atoms with Gasteiger partial charge in [-0.15, -0.1) is 12.4 Å². The van der Waals surface area contributed by atoms with Crippen LogP contribution in [0.3, 0.4) is 0 Å². The Bertz CT molecular complexity index is 79.5. The predicted octanol–water partition coefficient (Wildman–Crippen LogP) is 0.934. The van der Waals surface area contributed by atoms with E-state index < -0.39 is 0 Å². The van der Waals surface area contributed by atoms with Crippen molar-refractivity contribution in [3.8, 4) is 0 Å². The first-order valence-corrected chi connectivity index (χ1v) is 3.11. The van der Waals surface area contributed by atoms with Gasteiger partial charge in [0.05, 0.1) is 6.10 Å². The van der Waals surface area contributed by atoms with Crippen LogP contribution in [0.5, 0.6) is 0 Å². The summed E-state index contributed by atoms with van der Waals surface area (Å²) in [5.74, 6) is 0. The number of methoxy groups -OCH3 is 1. The fraction of sp³-hybridized carbons (Fsp3) is 1.00. The number of hydrogen-bond donors (Lipinski definition) is 1. The second-order valence-corrected chi connectivity index (χ2v) is 2.43. The maximum Gasteiger partial charge on any atom is 0.0586 e. The molecule has 1 aliphatic rings. The van der Waals surface area contributed by atoms with E-state index in [1.807, 2.05) is 0 Å². The minimum Gasteiger partial charge on any atom is -0.381 e. The summed E-state index contributed by atoms with van der Waals surface area (Å²) in [6, 6.07) is 0.403. The lowest BCUT2D eigenvalue weighted by Gasteiger charge is -2.04. The highest BCUT2D eigenvalue weighted by molar-refractivity contribution is 5.85. The largest absolute Gasteiger partial charge is 0.381 e. The van der Waals surface area contributed by atoms with Gasteiger partial charge in [-0.3, -0.25) is 0 Å². The lowest BCUT2D eigenvalue weighted by atomic mass is 10.3. The number of hydrogen-bond acceptors (Lipinski definition) is 2. The van der Waals surface area contributed by atoms with Crippen LogP contribution < -0.4 is 5.73 Å². The monoisotopic (exact) mass is 151 g/mol. The molecule has 0 amide bonds. The van der Waals surface area contributed by atoms with Crippen molar-refractivity contribution in [2.75, 3.05) is 7.11 Å². The molecule has 0 aromatic heterocycles. The molecule has 3 heteroatoms. The summed E-state index contributed by atoms with van der Waals surface area (Å²) in [5, 5.41) is 0. The van der Waals surface area contributed by atoms with Gasteiger partial charge in [0, 0.05) is 13.2 Å². The van der Waals surface area contributed by atoms with Crippen LogP contribution >= 0.6 is 12.4 Å². The molecule has 0 bridgehead atoms. The van der Waals surface area contributed by atoms with Crippen molar-refractivity contribution in [1.82, 2.24) is 0 Å². The third kappa shape index (κ3) is 2.52. The molecule has 2 N–H and O–H groups in total. The molecule has 1 rings (SSSR count). The van der Waals surface area contributed by atoms with Crippen molar-refractivity contribution in [3.05, 3.63) is 0 Å². The van der Waals surface area contributed by atoms with Gasteiger partial charge in [-0.1, -0.05) is 0 Å². The number of nitrogens with two attached hydrogens (primary N) is 1. The van der Waals surface area contributed by atoms with Crippen LogP contribution in [0.1, 0.15) is 19.3 Å². The molecule has 0 aliphatic heterocycles. The summed E-state index contributed by atoms with van der Waals surface area (Å²) in [4.78, 5) is 0. The van der Waals surface area contributed by atoms with E-state index in [1.165, 1.54) is 0 Å². The third-order valence-corrected chi connectivity index (χ3v) is 1.76. The van der Waals surface area contributed by atoms with Crippen LogP contribution in [-0.4, -0.2) is 19.3 Å². The lowest BCUT2D eigenvalue weighted by Crippen LogP contribution is -2.16. The topological polar surface area (TPSA) is 35.2 Å². The molecular weight excluding hydrogens is 138 g/mol. The van der Waals surface area contributed by atoms with Gasteiger partial charge in [0.25, 0.3) is 0 Å². The zero-order valence-corrected chi connectivity index (χ0v) is 6.49. The molecule has 0 aromatic rings. The van der Waals surface area contributed by atoms with Crippen LogP contribution in [-0.2, 0) is 4.74 Å². The quantitative estimate of drug-likeness (QED) is 0.606. The van der Waals surface area contributed by atoms with E-state index in [9.17, 15) is 0 Å². The highest BCUT2D eigenvalue weighted by atomic mass is 35.5. The number of halogens is 1. The normalized spacial score (nSPS) is 34.0. The van der Waals surface area contributed by atoms with Crippen LogP contribution in [0.4, 0.5) is 0 Å². The van der Waals surface area contributed by atoms with E-state index in [1.54, 1.807) is 7.11 Å². The fourth-order valence-corrected chi connectivity index (χ4v) is 1.19. The number of rotatable bonds is 1. The van der Waals surface area contributed by atoms with E-state index in [2.05, 4.69) is 0 Å². The van der Waals surface area contributed by atoms with E-state index >= 15 is 0 Å². The van der Waals surface area contributed by atoms with Crippen LogP contribution in [0.15, 0.2) is 0 Å². The minimum atomic E-state index is 0. The standard InChI is InChI=1S/C6H13NO.ClH/c1-8-6-3-2-5(7)4-6;/h5-6H,2-4,7H2,1H3;1H/t5-,6+;/m0./s1. The maximum atomic E-state index is 5.62. The Balaban J connectivity index is 0.000000640. The lowest BCUT2D eigenvalue weighted by molar-refractivity contribution is 0.108. The molecule has 0 heterocycles. The Morgan fingerprint density at radius 1 is 1.44 bits per heavy atom. The first-order valence-electron chi connectivity index (χ1n) is 3.11. The summed E-state index contributed by atoms with van der Waals surface area (Å²) < 4.78 is 5.10. The zero-order valence-electron chi connectivity index (χ0n) is 5.67. The number of ether oxygens (including phenoxy) is 1. The van der Waals surface area contributed by atoms with Gasteiger partial charge in [0.2, 0.25) is 0 Å². The van der Waals surface area contributed by atoms with E-state index in [0.717, 1.165) is 19.3 Å². The van der Waals surface area contributed by atoms with Crippen molar-refractivity contribution in [2.24, 2.45) is 5.73 Å². The summed E-state index contributed by atoms with van der Waals surface area (Å²) in [6.07, 6.45) is 3.79. The summed E-state index contributed by atoms with van der Waals surface area (Å²) in [5.41, 5.74) is 5.62. The molecule has 0 spiro atoms. The Labute approximate surface area is 62.2 Å². The predicted molar refractivity (Wildman–Crippen MR) is 39.9 cm³/mol. The SMILES string of the molecule is CO[C@@H]1CC[C@H](N)C1.Cl. The van der Waals surface area contributed by atoms with Crippen molar-refractivity contribution in [3.63, 3.8) is 0 Å². The van der Waals surface area contributed by atoms with E-state index in [0.29, 0.717) is 12.1 Å². The summed E-state index contributed by atoms with van der Waals surface area (Å²) >= 11 is 0. The molecule has 1 fully saturated rings. The maximum absolute atomic E-state index is 5.62. The summed E-state index contributed by atoms with van der Waals surface area (Å²) in [6.45, 7) is 0. The van der Waals surface area contributed by atoms with Crippen molar-refractivity contribution in [1.29, 1.82) is 0 Å². The van der Waals surface area contributed by atoms with Crippen LogP contribution in [0.2, 0.25) is 0 Å². The Morgan fingerprint density at radius 3 is 2.33 bits per heavy atom. The summed E-state index contributed by atoms with van der Waals surface area (Å²) in [7, 11) is 1.75. The molecule has 1 saturated carbocycles. The van der Waals surface area contributed by atoms with Gasteiger partial charge in [-0.2, -0.15) is 0 Å². The molecule has 0 unspecified atom stereocenters. The molecule has 2 atom stereocenters. The van der Waals surface area contributed by atoms with Gasteiger partial charge >= 0.3 is 0 Å². The third-order valence-electron chi connectivity index (χ3n) is 1.76. The van der Waals surface area contributed by atoms with Crippen LogP contribution in [0, 0.1) is 0 Å². The van der Waals surface area contributed by atoms with Gasteiger partial charge < -0.3 is 10.5 Å². The first kappa shape index (κ1) is 9.21. The van der Waals surface area contributed by atoms with Crippen LogP contribution in [0.25, 0.3) is 0 Å². The Morgan fingerprint density at radius 2 is 2.11 bits per heavy atom. The molecule has 0 radical (unpaired) electrons. The molecule has 0 aromatic carbocycles. The van der Waals surface area contributed by atoms with Gasteiger partial charge in [0.1, 0.15) is 0 Å². The first-order chi connectivity index (χ1) is 3.83. The second-order valence-electron chi connectivity index (χ2n) is 2.43. The van der Waals surface area contributed by atoms with Gasteiger partial charge in [-0.25, -0.2) is 0 Å². The minimum absolute atomic E-state index is 0. The Kier molecular flexibility index (Phi) is 4.19. The van der Waals surface area contributed by atoms with Gasteiger partial charge in [-0.05, 0) is 19.3 Å². The zero-order chi connectivity index (χ0) is 5.98. The van der Waals surface area contributed by atoms with Gasteiger partial charge in [0.15, 0.2) is 0 Å². The van der Waals surface area contributed by atoms with Crippen molar-refractivity contribution < 1.29 is 4.74 Å². The average Bonchev–Trinajstić information content (AvgIpc) is 2.14. The van der Waals surface area contributed by atoms with E-state index in [4.69, 9.17) is 10.5 Å². The van der Waals surface area contributed by atoms with Crippen molar-refractivity contribution in [2.45, 2.75) is 31.4 Å². The highest BCUT2D eigenvalue weighted by Crippen LogP contribution is 2.18. The molecule has 2 nitrogen and oxygen atoms in total. The highest BCUT2D eigenvalue weighted by Gasteiger charge is 2.20.